The lowest BCUT2D eigenvalue weighted by Gasteiger charge is -2.21. The summed E-state index contributed by atoms with van der Waals surface area (Å²) in [5.41, 5.74) is 2.90. The summed E-state index contributed by atoms with van der Waals surface area (Å²) in [6.07, 6.45) is 0.328. The zero-order chi connectivity index (χ0) is 16.8. The van der Waals surface area contributed by atoms with Gasteiger partial charge in [-0.2, -0.15) is 0 Å². The van der Waals surface area contributed by atoms with Gasteiger partial charge < -0.3 is 10.6 Å². The average molecular weight is 310 g/mol. The van der Waals surface area contributed by atoms with Gasteiger partial charge in [0.2, 0.25) is 0 Å². The molecule has 2 aromatic rings. The summed E-state index contributed by atoms with van der Waals surface area (Å²) in [5.74, 6) is 0.117. The van der Waals surface area contributed by atoms with E-state index in [9.17, 15) is 9.59 Å². The minimum absolute atomic E-state index is 0.0156. The smallest absolute Gasteiger partial charge is 0.164 e. The molecule has 23 heavy (non-hydrogen) atoms. The van der Waals surface area contributed by atoms with Gasteiger partial charge in [-0.25, -0.2) is 0 Å². The first-order chi connectivity index (χ1) is 11.0. The van der Waals surface area contributed by atoms with Crippen molar-refractivity contribution in [1.29, 1.82) is 0 Å². The zero-order valence-corrected chi connectivity index (χ0v) is 13.7. The minimum Gasteiger partial charge on any atom is -0.365 e. The van der Waals surface area contributed by atoms with Crippen LogP contribution in [0.2, 0.25) is 0 Å². The SMILES string of the molecule is CCC(=O)c1ccccc1NC(C)Nc1ccccc1C(C)=O. The number of nitrogens with one attached hydrogen (secondary N) is 2. The predicted molar refractivity (Wildman–Crippen MR) is 94.2 cm³/mol. The van der Waals surface area contributed by atoms with E-state index in [2.05, 4.69) is 10.6 Å². The fraction of sp³-hybridized carbons (Fsp3) is 0.263. The summed E-state index contributed by atoms with van der Waals surface area (Å²) in [4.78, 5) is 23.7. The van der Waals surface area contributed by atoms with Gasteiger partial charge in [0.05, 0.1) is 6.17 Å². The van der Waals surface area contributed by atoms with Crippen molar-refractivity contribution in [2.24, 2.45) is 0 Å². The number of hydrogen-bond acceptors (Lipinski definition) is 4. The largest absolute Gasteiger partial charge is 0.365 e. The first-order valence-electron chi connectivity index (χ1n) is 7.78. The van der Waals surface area contributed by atoms with Crippen LogP contribution < -0.4 is 10.6 Å². The summed E-state index contributed by atoms with van der Waals surface area (Å²) < 4.78 is 0. The molecular formula is C19H22N2O2. The molecule has 2 N–H and O–H groups in total. The van der Waals surface area contributed by atoms with E-state index in [1.165, 1.54) is 0 Å². The van der Waals surface area contributed by atoms with Crippen LogP contribution in [0.5, 0.6) is 0 Å². The molecule has 0 saturated heterocycles. The second kappa shape index (κ2) is 7.58. The topological polar surface area (TPSA) is 58.2 Å². The third kappa shape index (κ3) is 4.19. The molecule has 0 aromatic heterocycles. The lowest BCUT2D eigenvalue weighted by molar-refractivity contribution is 0.0986. The maximum Gasteiger partial charge on any atom is 0.164 e. The molecule has 0 heterocycles. The molecule has 120 valence electrons. The highest BCUT2D eigenvalue weighted by Crippen LogP contribution is 2.20. The first kappa shape index (κ1) is 16.7. The number of benzene rings is 2. The lowest BCUT2D eigenvalue weighted by atomic mass is 10.1. The van der Waals surface area contributed by atoms with E-state index >= 15 is 0 Å². The molecular weight excluding hydrogens is 288 g/mol. The van der Waals surface area contributed by atoms with Gasteiger partial charge in [-0.3, -0.25) is 9.59 Å². The number of carbonyl (C=O) groups excluding carboxylic acids is 2. The number of hydrogen-bond donors (Lipinski definition) is 2. The molecule has 0 fully saturated rings. The zero-order valence-electron chi connectivity index (χ0n) is 13.7. The Morgan fingerprint density at radius 3 is 1.91 bits per heavy atom. The molecule has 0 aliphatic carbocycles. The first-order valence-corrected chi connectivity index (χ1v) is 7.78. The third-order valence-electron chi connectivity index (χ3n) is 3.60. The van der Waals surface area contributed by atoms with Crippen LogP contribution in [-0.2, 0) is 0 Å². The van der Waals surface area contributed by atoms with Crippen LogP contribution in [0.15, 0.2) is 48.5 Å². The second-order valence-electron chi connectivity index (χ2n) is 5.43. The highest BCUT2D eigenvalue weighted by Gasteiger charge is 2.12. The van der Waals surface area contributed by atoms with Crippen LogP contribution in [0.4, 0.5) is 11.4 Å². The van der Waals surface area contributed by atoms with E-state index in [4.69, 9.17) is 0 Å². The molecule has 0 aliphatic rings. The highest BCUT2D eigenvalue weighted by molar-refractivity contribution is 6.01. The molecule has 2 rings (SSSR count). The minimum atomic E-state index is -0.138. The number of carbonyl (C=O) groups is 2. The van der Waals surface area contributed by atoms with Crippen molar-refractivity contribution in [3.05, 3.63) is 59.7 Å². The molecule has 0 amide bonds. The number of ketones is 2. The van der Waals surface area contributed by atoms with Crippen LogP contribution in [0.3, 0.4) is 0 Å². The Bertz CT molecular complexity index is 710. The predicted octanol–water partition coefficient (Wildman–Crippen LogP) is 4.35. The van der Waals surface area contributed by atoms with Crippen LogP contribution in [0, 0.1) is 0 Å². The third-order valence-corrected chi connectivity index (χ3v) is 3.60. The summed E-state index contributed by atoms with van der Waals surface area (Å²) >= 11 is 0. The Balaban J connectivity index is 2.17. The fourth-order valence-corrected chi connectivity index (χ4v) is 2.46. The molecule has 4 heteroatoms. The molecule has 2 aromatic carbocycles. The Morgan fingerprint density at radius 2 is 1.39 bits per heavy atom. The van der Waals surface area contributed by atoms with Crippen molar-refractivity contribution in [1.82, 2.24) is 0 Å². The van der Waals surface area contributed by atoms with Gasteiger partial charge in [0.15, 0.2) is 11.6 Å². The number of para-hydroxylation sites is 2. The van der Waals surface area contributed by atoms with Crippen molar-refractivity contribution in [2.75, 3.05) is 10.6 Å². The second-order valence-corrected chi connectivity index (χ2v) is 5.43. The van der Waals surface area contributed by atoms with E-state index < -0.39 is 0 Å². The maximum absolute atomic E-state index is 12.0. The standard InChI is InChI=1S/C19H22N2O2/c1-4-19(23)16-10-6-8-12-18(16)21-14(3)20-17-11-7-5-9-15(17)13(2)22/h5-12,14,20-21H,4H2,1-3H3. The van der Waals surface area contributed by atoms with Crippen LogP contribution in [0.1, 0.15) is 47.9 Å². The Labute approximate surface area is 136 Å². The van der Waals surface area contributed by atoms with Crippen molar-refractivity contribution in [3.63, 3.8) is 0 Å². The quantitative estimate of drug-likeness (QED) is 0.589. The number of anilines is 2. The molecule has 0 bridgehead atoms. The van der Waals surface area contributed by atoms with Gasteiger partial charge in [0, 0.05) is 28.9 Å². The van der Waals surface area contributed by atoms with E-state index in [1.54, 1.807) is 13.0 Å². The summed E-state index contributed by atoms with van der Waals surface area (Å²) in [6, 6.07) is 14.9. The highest BCUT2D eigenvalue weighted by atomic mass is 16.1. The van der Waals surface area contributed by atoms with Crippen molar-refractivity contribution >= 4 is 22.9 Å². The van der Waals surface area contributed by atoms with Crippen LogP contribution in [0.25, 0.3) is 0 Å². The van der Waals surface area contributed by atoms with E-state index in [0.717, 1.165) is 11.4 Å². The van der Waals surface area contributed by atoms with Crippen molar-refractivity contribution in [3.8, 4) is 0 Å². The summed E-state index contributed by atoms with van der Waals surface area (Å²) in [7, 11) is 0. The van der Waals surface area contributed by atoms with Crippen LogP contribution in [-0.4, -0.2) is 17.7 Å². The Kier molecular flexibility index (Phi) is 5.52. The fourth-order valence-electron chi connectivity index (χ4n) is 2.46. The van der Waals surface area contributed by atoms with E-state index in [-0.39, 0.29) is 17.7 Å². The average Bonchev–Trinajstić information content (AvgIpc) is 2.55. The van der Waals surface area contributed by atoms with Gasteiger partial charge in [0.25, 0.3) is 0 Å². The van der Waals surface area contributed by atoms with Gasteiger partial charge in [0.1, 0.15) is 0 Å². The Morgan fingerprint density at radius 1 is 0.913 bits per heavy atom. The molecule has 0 radical (unpaired) electrons. The molecule has 4 nitrogen and oxygen atoms in total. The summed E-state index contributed by atoms with van der Waals surface area (Å²) in [6.45, 7) is 5.35. The monoisotopic (exact) mass is 310 g/mol. The van der Waals surface area contributed by atoms with Crippen molar-refractivity contribution < 1.29 is 9.59 Å². The van der Waals surface area contributed by atoms with E-state index in [0.29, 0.717) is 17.5 Å². The number of Topliss-reactive ketones (excluding diaryl/α,β-unsaturated/α-hetero) is 2. The molecule has 0 saturated carbocycles. The van der Waals surface area contributed by atoms with Gasteiger partial charge in [-0.1, -0.05) is 31.2 Å². The molecule has 1 atom stereocenters. The maximum atomic E-state index is 12.0. The van der Waals surface area contributed by atoms with Gasteiger partial charge in [-0.15, -0.1) is 0 Å². The lowest BCUT2D eigenvalue weighted by Crippen LogP contribution is -2.26. The molecule has 0 aliphatic heterocycles. The normalized spacial score (nSPS) is 11.6. The molecule has 1 unspecified atom stereocenters. The van der Waals surface area contributed by atoms with E-state index in [1.807, 2.05) is 56.3 Å². The van der Waals surface area contributed by atoms with Gasteiger partial charge >= 0.3 is 0 Å². The number of rotatable bonds is 7. The van der Waals surface area contributed by atoms with Gasteiger partial charge in [-0.05, 0) is 38.1 Å². The van der Waals surface area contributed by atoms with Crippen LogP contribution >= 0.6 is 0 Å². The molecule has 0 spiro atoms. The summed E-state index contributed by atoms with van der Waals surface area (Å²) in [5, 5.41) is 6.58. The van der Waals surface area contributed by atoms with Crippen molar-refractivity contribution in [2.45, 2.75) is 33.4 Å². The Hall–Kier alpha value is -2.62.